The van der Waals surface area contributed by atoms with E-state index in [1.54, 1.807) is 12.1 Å². The highest BCUT2D eigenvalue weighted by atomic mass is 19.4. The van der Waals surface area contributed by atoms with Crippen molar-refractivity contribution in [1.29, 1.82) is 0 Å². The number of benzene rings is 1. The maximum absolute atomic E-state index is 12.9. The van der Waals surface area contributed by atoms with Crippen molar-refractivity contribution in [2.75, 3.05) is 45.9 Å². The van der Waals surface area contributed by atoms with Crippen LogP contribution in [0.1, 0.15) is 36.9 Å². The summed E-state index contributed by atoms with van der Waals surface area (Å²) in [7, 11) is 0. The minimum atomic E-state index is -4.33. The number of guanidine groups is 1. The molecule has 8 heteroatoms. The van der Waals surface area contributed by atoms with Gasteiger partial charge >= 0.3 is 6.18 Å². The van der Waals surface area contributed by atoms with Gasteiger partial charge in [-0.15, -0.1) is 0 Å². The Morgan fingerprint density at radius 2 is 1.75 bits per heavy atom. The molecule has 2 heterocycles. The van der Waals surface area contributed by atoms with Crippen molar-refractivity contribution in [3.05, 3.63) is 35.4 Å². The van der Waals surface area contributed by atoms with Crippen molar-refractivity contribution >= 4 is 5.96 Å². The van der Waals surface area contributed by atoms with Gasteiger partial charge in [0.1, 0.15) is 0 Å². The van der Waals surface area contributed by atoms with Gasteiger partial charge in [0.25, 0.3) is 0 Å². The van der Waals surface area contributed by atoms with E-state index in [9.17, 15) is 13.2 Å². The predicted octanol–water partition coefficient (Wildman–Crippen LogP) is 3.13. The van der Waals surface area contributed by atoms with E-state index >= 15 is 0 Å². The summed E-state index contributed by atoms with van der Waals surface area (Å²) in [5.74, 6) is 1.23. The van der Waals surface area contributed by atoms with E-state index in [2.05, 4.69) is 21.7 Å². The van der Waals surface area contributed by atoms with Crippen molar-refractivity contribution in [3.8, 4) is 0 Å². The molecule has 0 radical (unpaired) electrons. The monoisotopic (exact) mass is 398 g/mol. The van der Waals surface area contributed by atoms with E-state index in [-0.39, 0.29) is 6.04 Å². The number of hydrogen-bond donors (Lipinski definition) is 1. The number of morpholine rings is 1. The molecule has 2 fully saturated rings. The van der Waals surface area contributed by atoms with Crippen LogP contribution in [0.15, 0.2) is 29.3 Å². The Kier molecular flexibility index (Phi) is 6.82. The molecule has 156 valence electrons. The standard InChI is InChI=1S/C20H29F3N4O/c1-15-6-8-27(9-7-15)19(24)25-14-18(26-10-12-28-13-11-26)16-2-4-17(5-3-16)20(21,22)23/h2-5,15,18H,6-14H2,1H3,(H2,24,25). The van der Waals surface area contributed by atoms with Crippen LogP contribution in [0, 0.1) is 5.92 Å². The Balaban J connectivity index is 1.74. The fourth-order valence-electron chi connectivity index (χ4n) is 3.73. The van der Waals surface area contributed by atoms with E-state index in [0.29, 0.717) is 31.6 Å². The Morgan fingerprint density at radius 3 is 2.32 bits per heavy atom. The molecule has 2 N–H and O–H groups in total. The maximum atomic E-state index is 12.9. The first-order valence-corrected chi connectivity index (χ1v) is 9.88. The van der Waals surface area contributed by atoms with Gasteiger partial charge in [-0.25, -0.2) is 0 Å². The third-order valence-electron chi connectivity index (χ3n) is 5.64. The first-order chi connectivity index (χ1) is 13.3. The predicted molar refractivity (Wildman–Crippen MR) is 103 cm³/mol. The van der Waals surface area contributed by atoms with Crippen LogP contribution in [0.3, 0.4) is 0 Å². The average molecular weight is 398 g/mol. The molecular formula is C20H29F3N4O. The first-order valence-electron chi connectivity index (χ1n) is 9.88. The summed E-state index contributed by atoms with van der Waals surface area (Å²) in [6.45, 7) is 7.14. The molecule has 1 atom stereocenters. The minimum Gasteiger partial charge on any atom is -0.379 e. The quantitative estimate of drug-likeness (QED) is 0.626. The van der Waals surface area contributed by atoms with E-state index in [1.807, 2.05) is 0 Å². The van der Waals surface area contributed by atoms with Crippen molar-refractivity contribution in [1.82, 2.24) is 9.80 Å². The maximum Gasteiger partial charge on any atom is 0.416 e. The number of nitrogens with two attached hydrogens (primary N) is 1. The molecule has 0 saturated carbocycles. The number of halogens is 3. The minimum absolute atomic E-state index is 0.117. The molecule has 2 aliphatic heterocycles. The lowest BCUT2D eigenvalue weighted by Gasteiger charge is -2.35. The zero-order chi connectivity index (χ0) is 20.1. The number of likely N-dealkylation sites (tertiary alicyclic amines) is 1. The molecule has 0 amide bonds. The molecule has 0 aliphatic carbocycles. The summed E-state index contributed by atoms with van der Waals surface area (Å²) in [6, 6.07) is 5.27. The number of nitrogens with zero attached hydrogens (tertiary/aromatic N) is 3. The van der Waals surface area contributed by atoms with Crippen LogP contribution in [-0.2, 0) is 10.9 Å². The van der Waals surface area contributed by atoms with Crippen LogP contribution in [0.5, 0.6) is 0 Å². The van der Waals surface area contributed by atoms with E-state index in [4.69, 9.17) is 10.5 Å². The van der Waals surface area contributed by atoms with Gasteiger partial charge in [-0.1, -0.05) is 19.1 Å². The second-order valence-electron chi connectivity index (χ2n) is 7.65. The molecule has 2 aliphatic rings. The van der Waals surface area contributed by atoms with Gasteiger partial charge in [-0.2, -0.15) is 13.2 Å². The van der Waals surface area contributed by atoms with Crippen LogP contribution in [0.25, 0.3) is 0 Å². The van der Waals surface area contributed by atoms with Gasteiger partial charge in [0.2, 0.25) is 0 Å². The highest BCUT2D eigenvalue weighted by Gasteiger charge is 2.31. The summed E-state index contributed by atoms with van der Waals surface area (Å²) >= 11 is 0. The molecule has 1 aromatic carbocycles. The number of piperidine rings is 1. The van der Waals surface area contributed by atoms with Crippen LogP contribution >= 0.6 is 0 Å². The van der Waals surface area contributed by atoms with Gasteiger partial charge in [-0.3, -0.25) is 9.89 Å². The molecule has 2 saturated heterocycles. The third-order valence-corrected chi connectivity index (χ3v) is 5.64. The zero-order valence-electron chi connectivity index (χ0n) is 16.3. The van der Waals surface area contributed by atoms with E-state index in [1.165, 1.54) is 0 Å². The number of alkyl halides is 3. The summed E-state index contributed by atoms with van der Waals surface area (Å²) in [6.07, 6.45) is -2.13. The normalized spacial score (nSPS) is 21.7. The number of aliphatic imine (C=N–C) groups is 1. The Labute approximate surface area is 164 Å². The number of hydrogen-bond acceptors (Lipinski definition) is 3. The van der Waals surface area contributed by atoms with E-state index in [0.717, 1.165) is 56.7 Å². The Morgan fingerprint density at radius 1 is 1.14 bits per heavy atom. The van der Waals surface area contributed by atoms with Crippen LogP contribution in [0.4, 0.5) is 13.2 Å². The summed E-state index contributed by atoms with van der Waals surface area (Å²) in [5, 5.41) is 0. The van der Waals surface area contributed by atoms with Gasteiger partial charge < -0.3 is 15.4 Å². The lowest BCUT2D eigenvalue weighted by molar-refractivity contribution is -0.137. The highest BCUT2D eigenvalue weighted by molar-refractivity contribution is 5.78. The average Bonchev–Trinajstić information content (AvgIpc) is 2.69. The van der Waals surface area contributed by atoms with Gasteiger partial charge in [0.05, 0.1) is 31.4 Å². The van der Waals surface area contributed by atoms with Crippen molar-refractivity contribution in [2.24, 2.45) is 16.6 Å². The molecule has 1 aromatic rings. The Hall–Kier alpha value is -1.80. The van der Waals surface area contributed by atoms with Gasteiger partial charge in [-0.05, 0) is 36.5 Å². The molecule has 1 unspecified atom stereocenters. The fourth-order valence-corrected chi connectivity index (χ4v) is 3.73. The molecule has 0 bridgehead atoms. The fraction of sp³-hybridized carbons (Fsp3) is 0.650. The summed E-state index contributed by atoms with van der Waals surface area (Å²) in [5.41, 5.74) is 6.40. The zero-order valence-corrected chi connectivity index (χ0v) is 16.3. The third kappa shape index (κ3) is 5.38. The molecule has 0 aromatic heterocycles. The second-order valence-corrected chi connectivity index (χ2v) is 7.65. The van der Waals surface area contributed by atoms with Crippen LogP contribution in [0.2, 0.25) is 0 Å². The number of rotatable bonds is 4. The van der Waals surface area contributed by atoms with Crippen LogP contribution in [-0.4, -0.2) is 61.7 Å². The topological polar surface area (TPSA) is 54.1 Å². The van der Waals surface area contributed by atoms with Gasteiger partial charge in [0.15, 0.2) is 5.96 Å². The SMILES string of the molecule is CC1CCN(C(N)=NCC(c2ccc(C(F)(F)F)cc2)N2CCOCC2)CC1. The van der Waals surface area contributed by atoms with Crippen molar-refractivity contribution in [2.45, 2.75) is 32.0 Å². The first kappa shape index (κ1) is 20.9. The Bertz CT molecular complexity index is 648. The molecule has 3 rings (SSSR count). The second kappa shape index (κ2) is 9.13. The van der Waals surface area contributed by atoms with Crippen molar-refractivity contribution < 1.29 is 17.9 Å². The van der Waals surface area contributed by atoms with E-state index < -0.39 is 11.7 Å². The van der Waals surface area contributed by atoms with Gasteiger partial charge in [0, 0.05) is 26.2 Å². The van der Waals surface area contributed by atoms with Crippen molar-refractivity contribution in [3.63, 3.8) is 0 Å². The molecule has 28 heavy (non-hydrogen) atoms. The summed E-state index contributed by atoms with van der Waals surface area (Å²) < 4.78 is 44.1. The molecule has 0 spiro atoms. The summed E-state index contributed by atoms with van der Waals surface area (Å²) in [4.78, 5) is 8.92. The lowest BCUT2D eigenvalue weighted by Crippen LogP contribution is -2.44. The van der Waals surface area contributed by atoms with Crippen LogP contribution < -0.4 is 5.73 Å². The smallest absolute Gasteiger partial charge is 0.379 e. The number of ether oxygens (including phenoxy) is 1. The highest BCUT2D eigenvalue weighted by Crippen LogP contribution is 2.31. The lowest BCUT2D eigenvalue weighted by atomic mass is 9.99. The largest absolute Gasteiger partial charge is 0.416 e. The molecular weight excluding hydrogens is 369 g/mol. The molecule has 5 nitrogen and oxygen atoms in total.